The van der Waals surface area contributed by atoms with Crippen LogP contribution in [0.1, 0.15) is 12.8 Å². The first-order valence-electron chi connectivity index (χ1n) is 5.52. The Bertz CT molecular complexity index is 435. The lowest BCUT2D eigenvalue weighted by atomic mass is 10.1. The van der Waals surface area contributed by atoms with E-state index in [0.29, 0.717) is 16.9 Å². The predicted molar refractivity (Wildman–Crippen MR) is 70.0 cm³/mol. The van der Waals surface area contributed by atoms with Gasteiger partial charge >= 0.3 is 0 Å². The molecular formula is C11H14BrN3O2. The number of nitrogens with two attached hydrogens (primary N) is 1. The van der Waals surface area contributed by atoms with Crippen LogP contribution in [0, 0.1) is 16.0 Å². The third kappa shape index (κ3) is 2.95. The van der Waals surface area contributed by atoms with E-state index < -0.39 is 4.92 Å². The van der Waals surface area contributed by atoms with Gasteiger partial charge in [0.05, 0.1) is 4.92 Å². The molecule has 2 rings (SSSR count). The minimum absolute atomic E-state index is 0.0816. The zero-order valence-electron chi connectivity index (χ0n) is 9.23. The van der Waals surface area contributed by atoms with E-state index in [0.717, 1.165) is 5.69 Å². The van der Waals surface area contributed by atoms with Crippen LogP contribution in [0.3, 0.4) is 0 Å². The monoisotopic (exact) mass is 299 g/mol. The number of anilines is 1. The topological polar surface area (TPSA) is 81.2 Å². The fourth-order valence-corrected chi connectivity index (χ4v) is 2.28. The summed E-state index contributed by atoms with van der Waals surface area (Å²) in [5.74, 6) is 0.641. The van der Waals surface area contributed by atoms with Crippen molar-refractivity contribution in [2.75, 3.05) is 11.9 Å². The van der Waals surface area contributed by atoms with Crippen molar-refractivity contribution < 1.29 is 4.92 Å². The molecule has 1 aliphatic carbocycles. The van der Waals surface area contributed by atoms with E-state index in [1.165, 1.54) is 25.0 Å². The summed E-state index contributed by atoms with van der Waals surface area (Å²) < 4.78 is 0.700. The highest BCUT2D eigenvalue weighted by Crippen LogP contribution is 2.35. The first-order chi connectivity index (χ1) is 8.11. The van der Waals surface area contributed by atoms with Crippen molar-refractivity contribution in [3.8, 4) is 0 Å². The Morgan fingerprint density at radius 3 is 2.76 bits per heavy atom. The molecule has 0 saturated heterocycles. The number of hydrogen-bond donors (Lipinski definition) is 2. The second-order valence-corrected chi connectivity index (χ2v) is 5.10. The zero-order valence-corrected chi connectivity index (χ0v) is 10.8. The number of non-ortho nitro benzene ring substituents is 1. The molecular weight excluding hydrogens is 286 g/mol. The van der Waals surface area contributed by atoms with Gasteiger partial charge in [-0.3, -0.25) is 10.1 Å². The fraction of sp³-hybridized carbons (Fsp3) is 0.455. The number of halogens is 1. The minimum Gasteiger partial charge on any atom is -0.380 e. The standard InChI is InChI=1S/C11H14BrN3O2/c12-9-5-8(15(16)17)3-4-10(9)14-11(6-13)7-1-2-7/h3-5,7,11,14H,1-2,6,13H2. The summed E-state index contributed by atoms with van der Waals surface area (Å²) in [5, 5.41) is 13.9. The highest BCUT2D eigenvalue weighted by molar-refractivity contribution is 9.10. The average Bonchev–Trinajstić information content (AvgIpc) is 3.11. The number of rotatable bonds is 5. The van der Waals surface area contributed by atoms with Gasteiger partial charge < -0.3 is 11.1 Å². The molecule has 1 aromatic rings. The Morgan fingerprint density at radius 2 is 2.29 bits per heavy atom. The van der Waals surface area contributed by atoms with Gasteiger partial charge in [0, 0.05) is 34.9 Å². The van der Waals surface area contributed by atoms with Crippen molar-refractivity contribution in [2.24, 2.45) is 11.7 Å². The van der Waals surface area contributed by atoms with E-state index in [9.17, 15) is 10.1 Å². The summed E-state index contributed by atoms with van der Waals surface area (Å²) in [4.78, 5) is 10.2. The fourth-order valence-electron chi connectivity index (χ4n) is 1.80. The summed E-state index contributed by atoms with van der Waals surface area (Å²) in [7, 11) is 0. The van der Waals surface area contributed by atoms with Crippen LogP contribution in [0.15, 0.2) is 22.7 Å². The molecule has 1 saturated carbocycles. The number of nitro groups is 1. The van der Waals surface area contributed by atoms with Crippen molar-refractivity contribution in [3.05, 3.63) is 32.8 Å². The molecule has 0 aliphatic heterocycles. The van der Waals surface area contributed by atoms with E-state index in [4.69, 9.17) is 5.73 Å². The molecule has 0 aromatic heterocycles. The Labute approximate surface area is 108 Å². The Morgan fingerprint density at radius 1 is 1.59 bits per heavy atom. The van der Waals surface area contributed by atoms with Crippen LogP contribution in [0.25, 0.3) is 0 Å². The maximum absolute atomic E-state index is 10.6. The van der Waals surface area contributed by atoms with Gasteiger partial charge in [0.1, 0.15) is 0 Å². The highest BCUT2D eigenvalue weighted by atomic mass is 79.9. The maximum atomic E-state index is 10.6. The van der Waals surface area contributed by atoms with E-state index in [1.807, 2.05) is 0 Å². The van der Waals surface area contributed by atoms with Gasteiger partial charge in [-0.25, -0.2) is 0 Å². The molecule has 17 heavy (non-hydrogen) atoms. The lowest BCUT2D eigenvalue weighted by Gasteiger charge is -2.18. The quantitative estimate of drug-likeness (QED) is 0.646. The Hall–Kier alpha value is -1.14. The molecule has 1 aromatic carbocycles. The van der Waals surface area contributed by atoms with Gasteiger partial charge in [0.2, 0.25) is 0 Å². The summed E-state index contributed by atoms with van der Waals surface area (Å²) in [5.41, 5.74) is 6.64. The lowest BCUT2D eigenvalue weighted by Crippen LogP contribution is -2.30. The molecule has 1 fully saturated rings. The van der Waals surface area contributed by atoms with Gasteiger partial charge in [0.25, 0.3) is 5.69 Å². The second kappa shape index (κ2) is 5.01. The van der Waals surface area contributed by atoms with Crippen LogP contribution in [0.5, 0.6) is 0 Å². The predicted octanol–water partition coefficient (Wildman–Crippen LogP) is 2.51. The molecule has 6 heteroatoms. The van der Waals surface area contributed by atoms with Crippen LogP contribution in [-0.4, -0.2) is 17.5 Å². The van der Waals surface area contributed by atoms with Crippen molar-refractivity contribution in [2.45, 2.75) is 18.9 Å². The third-order valence-electron chi connectivity index (χ3n) is 2.95. The molecule has 0 spiro atoms. The maximum Gasteiger partial charge on any atom is 0.270 e. The van der Waals surface area contributed by atoms with Crippen molar-refractivity contribution in [1.82, 2.24) is 0 Å². The first-order valence-corrected chi connectivity index (χ1v) is 6.31. The molecule has 1 unspecified atom stereocenters. The largest absolute Gasteiger partial charge is 0.380 e. The smallest absolute Gasteiger partial charge is 0.270 e. The van der Waals surface area contributed by atoms with Crippen molar-refractivity contribution in [3.63, 3.8) is 0 Å². The van der Waals surface area contributed by atoms with Gasteiger partial charge in [0.15, 0.2) is 0 Å². The third-order valence-corrected chi connectivity index (χ3v) is 3.61. The minimum atomic E-state index is -0.407. The second-order valence-electron chi connectivity index (χ2n) is 4.25. The van der Waals surface area contributed by atoms with Crippen LogP contribution in [0.2, 0.25) is 0 Å². The average molecular weight is 300 g/mol. The molecule has 92 valence electrons. The zero-order chi connectivity index (χ0) is 12.4. The van der Waals surface area contributed by atoms with E-state index >= 15 is 0 Å². The highest BCUT2D eigenvalue weighted by Gasteiger charge is 2.30. The molecule has 0 heterocycles. The van der Waals surface area contributed by atoms with Gasteiger partial charge in [-0.15, -0.1) is 0 Å². The van der Waals surface area contributed by atoms with E-state index in [-0.39, 0.29) is 11.7 Å². The summed E-state index contributed by atoms with van der Waals surface area (Å²) in [6.07, 6.45) is 2.42. The normalized spacial score (nSPS) is 16.6. The molecule has 0 radical (unpaired) electrons. The number of nitrogens with zero attached hydrogens (tertiary/aromatic N) is 1. The molecule has 1 atom stereocenters. The van der Waals surface area contributed by atoms with Crippen molar-refractivity contribution in [1.29, 1.82) is 0 Å². The molecule has 1 aliphatic rings. The van der Waals surface area contributed by atoms with Gasteiger partial charge in [-0.1, -0.05) is 0 Å². The number of nitro benzene ring substituents is 1. The number of benzene rings is 1. The molecule has 0 amide bonds. The number of nitrogens with one attached hydrogen (secondary N) is 1. The van der Waals surface area contributed by atoms with Gasteiger partial charge in [-0.2, -0.15) is 0 Å². The first kappa shape index (κ1) is 12.3. The lowest BCUT2D eigenvalue weighted by molar-refractivity contribution is -0.384. The van der Waals surface area contributed by atoms with E-state index in [1.54, 1.807) is 6.07 Å². The SMILES string of the molecule is NCC(Nc1ccc([N+](=O)[O-])cc1Br)C1CC1. The van der Waals surface area contributed by atoms with Gasteiger partial charge in [-0.05, 0) is 40.8 Å². The Balaban J connectivity index is 2.12. The Kier molecular flexibility index (Phi) is 3.63. The number of hydrogen-bond acceptors (Lipinski definition) is 4. The van der Waals surface area contributed by atoms with Crippen LogP contribution < -0.4 is 11.1 Å². The summed E-state index contributed by atoms with van der Waals surface area (Å²) >= 11 is 3.33. The van der Waals surface area contributed by atoms with Crippen LogP contribution in [-0.2, 0) is 0 Å². The molecule has 3 N–H and O–H groups in total. The van der Waals surface area contributed by atoms with Crippen LogP contribution >= 0.6 is 15.9 Å². The molecule has 0 bridgehead atoms. The van der Waals surface area contributed by atoms with E-state index in [2.05, 4.69) is 21.2 Å². The van der Waals surface area contributed by atoms with Crippen molar-refractivity contribution >= 4 is 27.3 Å². The van der Waals surface area contributed by atoms with Crippen LogP contribution in [0.4, 0.5) is 11.4 Å². The molecule has 5 nitrogen and oxygen atoms in total. The summed E-state index contributed by atoms with van der Waals surface area (Å²) in [6, 6.07) is 4.97. The summed E-state index contributed by atoms with van der Waals surface area (Å²) in [6.45, 7) is 0.577.